The average Bonchev–Trinajstić information content (AvgIpc) is 2.68. The van der Waals surface area contributed by atoms with Gasteiger partial charge >= 0.3 is 0 Å². The first-order valence-electron chi connectivity index (χ1n) is 6.58. The predicted molar refractivity (Wildman–Crippen MR) is 74.8 cm³/mol. The van der Waals surface area contributed by atoms with Crippen LogP contribution in [0.15, 0.2) is 30.3 Å². The van der Waals surface area contributed by atoms with Gasteiger partial charge in [-0.2, -0.15) is 0 Å². The van der Waals surface area contributed by atoms with Crippen molar-refractivity contribution in [3.8, 4) is 0 Å². The second-order valence-electron chi connectivity index (χ2n) is 4.98. The first-order chi connectivity index (χ1) is 9.11. The van der Waals surface area contributed by atoms with Gasteiger partial charge in [0.2, 0.25) is 11.8 Å². The number of fused-ring (bicyclic) bond motifs is 1. The van der Waals surface area contributed by atoms with Crippen molar-refractivity contribution in [2.75, 3.05) is 0 Å². The Morgan fingerprint density at radius 1 is 0.947 bits per heavy atom. The lowest BCUT2D eigenvalue weighted by atomic mass is 10.2. The minimum Gasteiger partial charge on any atom is -0.273 e. The highest BCUT2D eigenvalue weighted by Gasteiger charge is 2.49. The number of amides is 2. The van der Waals surface area contributed by atoms with E-state index in [0.717, 1.165) is 0 Å². The Morgan fingerprint density at radius 3 is 1.89 bits per heavy atom. The van der Waals surface area contributed by atoms with Crippen LogP contribution in [-0.2, 0) is 9.59 Å². The van der Waals surface area contributed by atoms with Crippen LogP contribution in [0.3, 0.4) is 0 Å². The highest BCUT2D eigenvalue weighted by molar-refractivity contribution is 7.67. The van der Waals surface area contributed by atoms with Gasteiger partial charge in [-0.1, -0.05) is 30.3 Å². The smallest absolute Gasteiger partial charge is 0.242 e. The van der Waals surface area contributed by atoms with Crippen molar-refractivity contribution in [3.05, 3.63) is 30.3 Å². The molecule has 0 saturated carbocycles. The number of hydrogen-bond acceptors (Lipinski definition) is 2. The molecule has 1 aromatic carbocycles. The lowest BCUT2D eigenvalue weighted by molar-refractivity contribution is -0.170. The van der Waals surface area contributed by atoms with Gasteiger partial charge in [0.05, 0.1) is 11.6 Å². The number of rotatable bonds is 1. The quantitative estimate of drug-likeness (QED) is 0.735. The molecule has 0 spiro atoms. The van der Waals surface area contributed by atoms with E-state index in [1.807, 2.05) is 18.2 Å². The summed E-state index contributed by atoms with van der Waals surface area (Å²) in [6, 6.07) is 10.2. The molecule has 5 heteroatoms. The SMILES string of the molecule is C[C@@H]1N2C(=O)CCC(=O)N2[C@H](C)P1c1ccccc1. The fraction of sp³-hybridized carbons (Fsp3) is 0.429. The first kappa shape index (κ1) is 12.6. The van der Waals surface area contributed by atoms with Crippen LogP contribution in [0.4, 0.5) is 0 Å². The zero-order valence-corrected chi connectivity index (χ0v) is 12.0. The van der Waals surface area contributed by atoms with Gasteiger partial charge in [0.15, 0.2) is 0 Å². The fourth-order valence-corrected chi connectivity index (χ4v) is 5.99. The van der Waals surface area contributed by atoms with Crippen molar-refractivity contribution in [3.63, 3.8) is 0 Å². The van der Waals surface area contributed by atoms with E-state index >= 15 is 0 Å². The molecule has 0 aromatic heterocycles. The van der Waals surface area contributed by atoms with E-state index in [2.05, 4.69) is 26.0 Å². The van der Waals surface area contributed by atoms with Gasteiger partial charge in [-0.15, -0.1) is 0 Å². The highest BCUT2D eigenvalue weighted by Crippen LogP contribution is 2.55. The summed E-state index contributed by atoms with van der Waals surface area (Å²) in [5.74, 6) is 0.369. The Labute approximate surface area is 114 Å². The Bertz CT molecular complexity index is 491. The van der Waals surface area contributed by atoms with E-state index in [1.165, 1.54) is 5.30 Å². The lowest BCUT2D eigenvalue weighted by Crippen LogP contribution is -2.53. The molecule has 19 heavy (non-hydrogen) atoms. The summed E-state index contributed by atoms with van der Waals surface area (Å²) in [7, 11) is -0.556. The molecule has 0 radical (unpaired) electrons. The van der Waals surface area contributed by atoms with Crippen molar-refractivity contribution in [1.29, 1.82) is 0 Å². The molecule has 2 amide bonds. The zero-order valence-electron chi connectivity index (χ0n) is 11.1. The van der Waals surface area contributed by atoms with Crippen LogP contribution in [0.2, 0.25) is 0 Å². The van der Waals surface area contributed by atoms with Crippen LogP contribution in [0, 0.1) is 0 Å². The van der Waals surface area contributed by atoms with Gasteiger partial charge in [0.25, 0.3) is 0 Å². The molecule has 2 aliphatic heterocycles. The largest absolute Gasteiger partial charge is 0.273 e. The van der Waals surface area contributed by atoms with Crippen LogP contribution in [0.5, 0.6) is 0 Å². The number of carbonyl (C=O) groups excluding carboxylic acids is 2. The van der Waals surface area contributed by atoms with Crippen LogP contribution in [-0.4, -0.2) is 33.4 Å². The van der Waals surface area contributed by atoms with E-state index in [1.54, 1.807) is 10.0 Å². The molecular formula is C14H17N2O2P. The first-order valence-corrected chi connectivity index (χ1v) is 8.06. The van der Waals surface area contributed by atoms with Gasteiger partial charge in [0.1, 0.15) is 0 Å². The average molecular weight is 276 g/mol. The molecule has 3 rings (SSSR count). The standard InChI is InChI=1S/C14H17N2O2P/c1-10-15-13(17)8-9-14(18)16(15)11(2)19(10)12-6-4-3-5-7-12/h3-7,10-11H,8-9H2,1-2H3/t10-,11+,19?. The monoisotopic (exact) mass is 276 g/mol. The number of hydrazine groups is 1. The molecule has 4 nitrogen and oxygen atoms in total. The zero-order chi connectivity index (χ0) is 13.6. The second-order valence-corrected chi connectivity index (χ2v) is 7.81. The van der Waals surface area contributed by atoms with E-state index in [4.69, 9.17) is 0 Å². The van der Waals surface area contributed by atoms with E-state index < -0.39 is 7.92 Å². The Hall–Kier alpha value is -1.41. The molecule has 0 bridgehead atoms. The molecule has 0 aliphatic carbocycles. The van der Waals surface area contributed by atoms with Crippen LogP contribution >= 0.6 is 7.92 Å². The normalized spacial score (nSPS) is 30.7. The third kappa shape index (κ3) is 1.86. The Morgan fingerprint density at radius 2 is 1.42 bits per heavy atom. The third-order valence-corrected chi connectivity index (χ3v) is 6.81. The summed E-state index contributed by atoms with van der Waals surface area (Å²) in [5.41, 5.74) is 0. The van der Waals surface area contributed by atoms with Gasteiger partial charge in [-0.3, -0.25) is 9.59 Å². The van der Waals surface area contributed by atoms with Gasteiger partial charge in [-0.05, 0) is 27.1 Å². The summed E-state index contributed by atoms with van der Waals surface area (Å²) in [5, 5.41) is 4.66. The van der Waals surface area contributed by atoms with Crippen molar-refractivity contribution < 1.29 is 9.59 Å². The lowest BCUT2D eigenvalue weighted by Gasteiger charge is -2.35. The predicted octanol–water partition coefficient (Wildman–Crippen LogP) is 1.87. The number of nitrogens with zero attached hydrogens (tertiary/aromatic N) is 2. The highest BCUT2D eigenvalue weighted by atomic mass is 31.1. The number of carbonyl (C=O) groups is 2. The molecule has 100 valence electrons. The van der Waals surface area contributed by atoms with E-state index in [9.17, 15) is 9.59 Å². The van der Waals surface area contributed by atoms with Crippen molar-refractivity contribution in [1.82, 2.24) is 10.0 Å². The molecule has 0 N–H and O–H groups in total. The minimum absolute atomic E-state index is 0.0832. The van der Waals surface area contributed by atoms with Gasteiger partial charge < -0.3 is 0 Å². The topological polar surface area (TPSA) is 40.6 Å². The molecule has 2 fully saturated rings. The van der Waals surface area contributed by atoms with Gasteiger partial charge in [0, 0.05) is 12.8 Å². The van der Waals surface area contributed by atoms with Crippen molar-refractivity contribution >= 4 is 25.0 Å². The maximum Gasteiger partial charge on any atom is 0.242 e. The number of benzene rings is 1. The molecule has 1 aromatic rings. The van der Waals surface area contributed by atoms with Gasteiger partial charge in [-0.25, -0.2) is 10.0 Å². The maximum absolute atomic E-state index is 12.1. The molecule has 2 saturated heterocycles. The van der Waals surface area contributed by atoms with Crippen molar-refractivity contribution in [2.24, 2.45) is 0 Å². The summed E-state index contributed by atoms with van der Waals surface area (Å²) < 4.78 is 0. The van der Waals surface area contributed by atoms with Crippen LogP contribution in [0.1, 0.15) is 26.7 Å². The molecule has 3 atom stereocenters. The van der Waals surface area contributed by atoms with Crippen molar-refractivity contribution in [2.45, 2.75) is 38.3 Å². The molecule has 1 unspecified atom stereocenters. The number of hydrogen-bond donors (Lipinski definition) is 0. The fourth-order valence-electron chi connectivity index (χ4n) is 3.04. The summed E-state index contributed by atoms with van der Waals surface area (Å²) in [6.45, 7) is 4.12. The summed E-state index contributed by atoms with van der Waals surface area (Å²) in [4.78, 5) is 24.2. The van der Waals surface area contributed by atoms with Crippen LogP contribution < -0.4 is 5.30 Å². The molecule has 2 heterocycles. The molecular weight excluding hydrogens is 259 g/mol. The molecule has 2 aliphatic rings. The summed E-state index contributed by atoms with van der Waals surface area (Å²) >= 11 is 0. The van der Waals surface area contributed by atoms with Crippen LogP contribution in [0.25, 0.3) is 0 Å². The second kappa shape index (κ2) is 4.61. The Kier molecular flexibility index (Phi) is 3.06. The van der Waals surface area contributed by atoms with E-state index in [0.29, 0.717) is 12.8 Å². The minimum atomic E-state index is -0.556. The maximum atomic E-state index is 12.1. The van der Waals surface area contributed by atoms with E-state index in [-0.39, 0.29) is 23.4 Å². The third-order valence-electron chi connectivity index (χ3n) is 3.86. The summed E-state index contributed by atoms with van der Waals surface area (Å²) in [6.07, 6.45) is 0.703. The Balaban J connectivity index is 2.00.